The molecule has 10 heteroatoms. The summed E-state index contributed by atoms with van der Waals surface area (Å²) in [6.45, 7) is 0.382. The van der Waals surface area contributed by atoms with Crippen LogP contribution in [-0.4, -0.2) is 66.0 Å². The number of piperidine rings is 1. The first-order valence-corrected chi connectivity index (χ1v) is 11.9. The van der Waals surface area contributed by atoms with Crippen LogP contribution < -0.4 is 5.73 Å². The number of carbonyl (C=O) groups excluding carboxylic acids is 1. The van der Waals surface area contributed by atoms with Gasteiger partial charge in [0.25, 0.3) is 5.91 Å². The number of aromatic nitrogens is 4. The molecule has 1 amide bonds. The summed E-state index contributed by atoms with van der Waals surface area (Å²) >= 11 is 3.61. The van der Waals surface area contributed by atoms with Crippen molar-refractivity contribution in [3.63, 3.8) is 0 Å². The Hall–Kier alpha value is -3.21. The Kier molecular flexibility index (Phi) is 6.11. The molecule has 0 unspecified atom stereocenters. The first-order chi connectivity index (χ1) is 16.5. The standard InChI is InChI=1S/C24H25BrN6O3/c25-20-21(15-6-9-29(10-7-15)24(34)19(33)14-32)28-23-18(12-27-31(23)22(20)26)16-8-11-30(13-16)17-4-2-1-3-5-17/h1-5,8,11-13,15,19,32-33H,6-7,9-10,14,26H2/t19-/m0/s1. The minimum absolute atomic E-state index is 0.0914. The molecule has 1 aliphatic rings. The lowest BCUT2D eigenvalue weighted by Crippen LogP contribution is -2.44. The van der Waals surface area contributed by atoms with Gasteiger partial charge < -0.3 is 25.4 Å². The van der Waals surface area contributed by atoms with Gasteiger partial charge in [-0.3, -0.25) is 4.79 Å². The second-order valence-corrected chi connectivity index (χ2v) is 9.22. The molecule has 1 atom stereocenters. The predicted molar refractivity (Wildman–Crippen MR) is 132 cm³/mol. The molecule has 4 N–H and O–H groups in total. The number of nitrogen functional groups attached to an aromatic ring is 1. The van der Waals surface area contributed by atoms with Crippen LogP contribution in [0.15, 0.2) is 59.5 Å². The lowest BCUT2D eigenvalue weighted by atomic mass is 9.92. The second-order valence-electron chi connectivity index (χ2n) is 8.43. The van der Waals surface area contributed by atoms with Gasteiger partial charge in [-0.15, -0.1) is 0 Å². The SMILES string of the molecule is Nc1c(Br)c(C2CCN(C(=O)[C@@H](O)CO)CC2)nc2c(-c3ccn(-c4ccccc4)c3)cnn12. The molecule has 0 saturated carbocycles. The van der Waals surface area contributed by atoms with Crippen LogP contribution in [0.5, 0.6) is 0 Å². The molecule has 1 saturated heterocycles. The minimum Gasteiger partial charge on any atom is -0.393 e. The number of anilines is 1. The van der Waals surface area contributed by atoms with E-state index in [-0.39, 0.29) is 5.92 Å². The molecule has 9 nitrogen and oxygen atoms in total. The van der Waals surface area contributed by atoms with Gasteiger partial charge in [0, 0.05) is 48.2 Å². The first-order valence-electron chi connectivity index (χ1n) is 11.1. The summed E-state index contributed by atoms with van der Waals surface area (Å²) in [5.74, 6) is 0.126. The maximum absolute atomic E-state index is 12.2. The molecule has 1 fully saturated rings. The lowest BCUT2D eigenvalue weighted by molar-refractivity contribution is -0.143. The first kappa shape index (κ1) is 22.6. The molecule has 0 spiro atoms. The van der Waals surface area contributed by atoms with Crippen LogP contribution in [-0.2, 0) is 4.79 Å². The fourth-order valence-electron chi connectivity index (χ4n) is 4.47. The van der Waals surface area contributed by atoms with Crippen molar-refractivity contribution in [2.24, 2.45) is 0 Å². The summed E-state index contributed by atoms with van der Waals surface area (Å²) in [5, 5.41) is 23.2. The third-order valence-corrected chi connectivity index (χ3v) is 7.17. The molecule has 3 aromatic heterocycles. The van der Waals surface area contributed by atoms with Gasteiger partial charge in [0.2, 0.25) is 0 Å². The van der Waals surface area contributed by atoms with E-state index in [0.29, 0.717) is 41.9 Å². The number of benzene rings is 1. The number of halogens is 1. The Morgan fingerprint density at radius 3 is 2.65 bits per heavy atom. The van der Waals surface area contributed by atoms with Crippen molar-refractivity contribution < 1.29 is 15.0 Å². The maximum Gasteiger partial charge on any atom is 0.253 e. The molecule has 1 aromatic carbocycles. The average Bonchev–Trinajstić information content (AvgIpc) is 3.53. The number of aliphatic hydroxyl groups excluding tert-OH is 2. The lowest BCUT2D eigenvalue weighted by Gasteiger charge is -2.33. The highest BCUT2D eigenvalue weighted by Gasteiger charge is 2.30. The van der Waals surface area contributed by atoms with E-state index in [1.807, 2.05) is 48.8 Å². The number of likely N-dealkylation sites (tertiary alicyclic amines) is 1. The Morgan fingerprint density at radius 2 is 1.94 bits per heavy atom. The molecule has 4 aromatic rings. The molecular formula is C24H25BrN6O3. The van der Waals surface area contributed by atoms with Crippen molar-refractivity contribution in [2.75, 3.05) is 25.4 Å². The molecule has 0 bridgehead atoms. The van der Waals surface area contributed by atoms with E-state index in [1.165, 1.54) is 0 Å². The molecule has 34 heavy (non-hydrogen) atoms. The van der Waals surface area contributed by atoms with Crippen molar-refractivity contribution in [3.05, 3.63) is 65.2 Å². The third kappa shape index (κ3) is 3.97. The molecule has 0 radical (unpaired) electrons. The number of hydrogen-bond acceptors (Lipinski definition) is 6. The summed E-state index contributed by atoms with van der Waals surface area (Å²) in [5.41, 5.74) is 10.9. The molecule has 1 aliphatic heterocycles. The average molecular weight is 525 g/mol. The number of aliphatic hydroxyl groups is 2. The molecular weight excluding hydrogens is 500 g/mol. The Bertz CT molecular complexity index is 1330. The highest BCUT2D eigenvalue weighted by molar-refractivity contribution is 9.10. The zero-order chi connectivity index (χ0) is 23.8. The van der Waals surface area contributed by atoms with Crippen molar-refractivity contribution in [2.45, 2.75) is 24.9 Å². The number of nitrogens with zero attached hydrogens (tertiary/aromatic N) is 5. The van der Waals surface area contributed by atoms with Crippen LogP contribution in [0.2, 0.25) is 0 Å². The predicted octanol–water partition coefficient (Wildman–Crippen LogP) is 2.59. The van der Waals surface area contributed by atoms with Gasteiger partial charge in [-0.25, -0.2) is 4.98 Å². The van der Waals surface area contributed by atoms with Gasteiger partial charge in [0.1, 0.15) is 5.82 Å². The van der Waals surface area contributed by atoms with E-state index in [4.69, 9.17) is 15.8 Å². The quantitative estimate of drug-likeness (QED) is 0.368. The van der Waals surface area contributed by atoms with Crippen LogP contribution in [0.3, 0.4) is 0 Å². The number of carbonyl (C=O) groups is 1. The highest BCUT2D eigenvalue weighted by Crippen LogP contribution is 2.37. The van der Waals surface area contributed by atoms with Gasteiger partial charge in [0.05, 0.1) is 23.0 Å². The molecule has 0 aliphatic carbocycles. The zero-order valence-electron chi connectivity index (χ0n) is 18.4. The van der Waals surface area contributed by atoms with Gasteiger partial charge in [-0.05, 0) is 47.0 Å². The number of fused-ring (bicyclic) bond motifs is 1. The van der Waals surface area contributed by atoms with Crippen molar-refractivity contribution in [1.82, 2.24) is 24.1 Å². The van der Waals surface area contributed by atoms with Crippen LogP contribution in [0.1, 0.15) is 24.5 Å². The zero-order valence-corrected chi connectivity index (χ0v) is 20.0. The molecule has 5 rings (SSSR count). The van der Waals surface area contributed by atoms with E-state index in [2.05, 4.69) is 25.6 Å². The minimum atomic E-state index is -1.37. The topological polar surface area (TPSA) is 122 Å². The summed E-state index contributed by atoms with van der Waals surface area (Å²) in [4.78, 5) is 18.8. The molecule has 4 heterocycles. The van der Waals surface area contributed by atoms with Gasteiger partial charge >= 0.3 is 0 Å². The van der Waals surface area contributed by atoms with Crippen LogP contribution in [0.4, 0.5) is 5.82 Å². The van der Waals surface area contributed by atoms with Crippen molar-refractivity contribution in [3.8, 4) is 16.8 Å². The summed E-state index contributed by atoms with van der Waals surface area (Å²) in [7, 11) is 0. The van der Waals surface area contributed by atoms with Crippen LogP contribution in [0, 0.1) is 0 Å². The Balaban J connectivity index is 1.45. The Morgan fingerprint density at radius 1 is 1.21 bits per heavy atom. The third-order valence-electron chi connectivity index (χ3n) is 6.36. The van der Waals surface area contributed by atoms with E-state index in [0.717, 1.165) is 22.5 Å². The summed E-state index contributed by atoms with van der Waals surface area (Å²) in [6.07, 6.45) is 5.81. The summed E-state index contributed by atoms with van der Waals surface area (Å²) in [6, 6.07) is 12.1. The smallest absolute Gasteiger partial charge is 0.253 e. The fourth-order valence-corrected chi connectivity index (χ4v) is 5.05. The van der Waals surface area contributed by atoms with Crippen LogP contribution in [0.25, 0.3) is 22.5 Å². The number of hydrogen-bond donors (Lipinski definition) is 3. The van der Waals surface area contributed by atoms with Crippen molar-refractivity contribution in [1.29, 1.82) is 0 Å². The van der Waals surface area contributed by atoms with E-state index >= 15 is 0 Å². The summed E-state index contributed by atoms with van der Waals surface area (Å²) < 4.78 is 4.39. The van der Waals surface area contributed by atoms with E-state index in [9.17, 15) is 9.90 Å². The van der Waals surface area contributed by atoms with E-state index < -0.39 is 18.6 Å². The van der Waals surface area contributed by atoms with Crippen molar-refractivity contribution >= 4 is 33.3 Å². The van der Waals surface area contributed by atoms with E-state index in [1.54, 1.807) is 15.6 Å². The normalized spacial score (nSPS) is 15.7. The van der Waals surface area contributed by atoms with Crippen LogP contribution >= 0.6 is 15.9 Å². The van der Waals surface area contributed by atoms with Gasteiger partial charge in [-0.1, -0.05) is 18.2 Å². The maximum atomic E-state index is 12.2. The molecule has 176 valence electrons. The number of nitrogens with two attached hydrogens (primary N) is 1. The van der Waals surface area contributed by atoms with Gasteiger partial charge in [-0.2, -0.15) is 9.61 Å². The number of rotatable bonds is 5. The number of para-hydroxylation sites is 1. The fraction of sp³-hybridized carbons (Fsp3) is 0.292. The monoisotopic (exact) mass is 524 g/mol. The number of amides is 1. The second kappa shape index (κ2) is 9.21. The highest BCUT2D eigenvalue weighted by atomic mass is 79.9. The largest absolute Gasteiger partial charge is 0.393 e. The Labute approximate surface area is 204 Å². The van der Waals surface area contributed by atoms with Gasteiger partial charge in [0.15, 0.2) is 11.8 Å².